The summed E-state index contributed by atoms with van der Waals surface area (Å²) < 4.78 is 39.0. The molecule has 1 N–H and O–H groups in total. The van der Waals surface area contributed by atoms with Crippen LogP contribution in [0.2, 0.25) is 10.0 Å². The molecule has 162 valence electrons. The van der Waals surface area contributed by atoms with Crippen molar-refractivity contribution in [1.82, 2.24) is 0 Å². The molecule has 0 aliphatic carbocycles. The van der Waals surface area contributed by atoms with E-state index in [0.717, 1.165) is 12.1 Å². The monoisotopic (exact) mass is 466 g/mol. The van der Waals surface area contributed by atoms with Crippen LogP contribution in [0.15, 0.2) is 48.5 Å². The molecule has 0 fully saturated rings. The highest BCUT2D eigenvalue weighted by molar-refractivity contribution is 6.31. The van der Waals surface area contributed by atoms with E-state index in [1.807, 2.05) is 0 Å². The maximum absolute atomic E-state index is 14.1. The van der Waals surface area contributed by atoms with Crippen molar-refractivity contribution in [3.05, 3.63) is 75.8 Å². The van der Waals surface area contributed by atoms with Crippen molar-refractivity contribution in [2.24, 2.45) is 0 Å². The summed E-state index contributed by atoms with van der Waals surface area (Å²) in [6.07, 6.45) is 0. The number of ether oxygens (including phenoxy) is 2. The Morgan fingerprint density at radius 2 is 1.42 bits per heavy atom. The summed E-state index contributed by atoms with van der Waals surface area (Å²) >= 11 is 12.1. The molecule has 3 aromatic carbocycles. The van der Waals surface area contributed by atoms with E-state index in [-0.39, 0.29) is 41.2 Å². The lowest BCUT2D eigenvalue weighted by Gasteiger charge is -2.18. The second kappa shape index (κ2) is 10.1. The normalized spacial score (nSPS) is 10.8. The van der Waals surface area contributed by atoms with Gasteiger partial charge in [0.05, 0.1) is 18.8 Å². The van der Waals surface area contributed by atoms with Crippen molar-refractivity contribution in [3.8, 4) is 28.0 Å². The molecule has 0 spiro atoms. The lowest BCUT2D eigenvalue weighted by Crippen LogP contribution is -2.08. The van der Waals surface area contributed by atoms with Gasteiger partial charge >= 0.3 is 5.97 Å². The first-order chi connectivity index (χ1) is 14.8. The van der Waals surface area contributed by atoms with E-state index in [1.165, 1.54) is 36.4 Å². The number of esters is 1. The van der Waals surface area contributed by atoms with Crippen LogP contribution in [0.1, 0.15) is 17.3 Å². The zero-order chi connectivity index (χ0) is 22.5. The molecule has 0 bridgehead atoms. The first-order valence-electron chi connectivity index (χ1n) is 9.34. The van der Waals surface area contributed by atoms with E-state index in [2.05, 4.69) is 0 Å². The van der Waals surface area contributed by atoms with Crippen LogP contribution in [-0.2, 0) is 4.74 Å². The second-order valence-corrected chi connectivity index (χ2v) is 7.38. The molecule has 0 amide bonds. The molecule has 0 atom stereocenters. The summed E-state index contributed by atoms with van der Waals surface area (Å²) in [5.41, 5.74) is 1.43. The summed E-state index contributed by atoms with van der Waals surface area (Å²) in [5.74, 6) is -1.60. The minimum absolute atomic E-state index is 0.0924. The highest BCUT2D eigenvalue weighted by Gasteiger charge is 2.21. The molecule has 0 aromatic heterocycles. The highest BCUT2D eigenvalue weighted by atomic mass is 35.5. The Kier molecular flexibility index (Phi) is 7.49. The summed E-state index contributed by atoms with van der Waals surface area (Å²) in [4.78, 5) is 12.5. The van der Waals surface area contributed by atoms with Gasteiger partial charge in [0.15, 0.2) is 0 Å². The van der Waals surface area contributed by atoms with Crippen LogP contribution in [0.3, 0.4) is 0 Å². The van der Waals surface area contributed by atoms with Crippen molar-refractivity contribution in [2.75, 3.05) is 19.8 Å². The highest BCUT2D eigenvalue weighted by Crippen LogP contribution is 2.42. The number of rotatable bonds is 7. The number of benzene rings is 3. The zero-order valence-electron chi connectivity index (χ0n) is 16.4. The Morgan fingerprint density at radius 3 is 1.84 bits per heavy atom. The third-order valence-electron chi connectivity index (χ3n) is 4.28. The SMILES string of the molecule is CCOC(=O)c1cc(-c2cc(F)cc(Cl)c2)c(OCCO)c(-c2cc(F)cc(Cl)c2)c1. The van der Waals surface area contributed by atoms with E-state index in [0.29, 0.717) is 22.3 Å². The van der Waals surface area contributed by atoms with Gasteiger partial charge in [0.25, 0.3) is 0 Å². The van der Waals surface area contributed by atoms with E-state index < -0.39 is 17.6 Å². The summed E-state index contributed by atoms with van der Waals surface area (Å²) in [6.45, 7) is 1.41. The number of carbonyl (C=O) groups is 1. The molecule has 0 aliphatic heterocycles. The number of carbonyl (C=O) groups excluding carboxylic acids is 1. The Balaban J connectivity index is 2.35. The number of hydrogen-bond acceptors (Lipinski definition) is 4. The molecule has 4 nitrogen and oxygen atoms in total. The predicted molar refractivity (Wildman–Crippen MR) is 116 cm³/mol. The molecular formula is C23H18Cl2F2O4. The lowest BCUT2D eigenvalue weighted by molar-refractivity contribution is 0.0526. The third kappa shape index (κ3) is 5.53. The molecule has 8 heteroatoms. The van der Waals surface area contributed by atoms with Gasteiger partial charge in [0.2, 0.25) is 0 Å². The maximum atomic E-state index is 14.1. The Bertz CT molecular complexity index is 1010. The lowest BCUT2D eigenvalue weighted by atomic mass is 9.94. The fourth-order valence-corrected chi connectivity index (χ4v) is 3.56. The van der Waals surface area contributed by atoms with Gasteiger partial charge in [-0.2, -0.15) is 0 Å². The topological polar surface area (TPSA) is 55.8 Å². The summed E-state index contributed by atoms with van der Waals surface area (Å²) in [6, 6.07) is 10.7. The van der Waals surface area contributed by atoms with Crippen LogP contribution < -0.4 is 4.74 Å². The van der Waals surface area contributed by atoms with Gasteiger partial charge in [-0.1, -0.05) is 23.2 Å². The van der Waals surface area contributed by atoms with Crippen molar-refractivity contribution in [3.63, 3.8) is 0 Å². The Hall–Kier alpha value is -2.67. The van der Waals surface area contributed by atoms with Crippen LogP contribution >= 0.6 is 23.2 Å². The standard InChI is InChI=1S/C23H18Cl2F2O4/c1-2-30-23(29)15-9-20(13-5-16(24)11-18(26)7-13)22(31-4-3-28)21(10-15)14-6-17(25)12-19(27)8-14/h5-12,28H,2-4H2,1H3. The summed E-state index contributed by atoms with van der Waals surface area (Å²) in [7, 11) is 0. The van der Waals surface area contributed by atoms with Crippen molar-refractivity contribution < 1.29 is 28.2 Å². The average Bonchev–Trinajstić information content (AvgIpc) is 2.70. The van der Waals surface area contributed by atoms with Gasteiger partial charge in [-0.05, 0) is 66.6 Å². The molecule has 0 saturated carbocycles. The quantitative estimate of drug-likeness (QED) is 0.424. The van der Waals surface area contributed by atoms with Crippen molar-refractivity contribution in [1.29, 1.82) is 0 Å². The number of hydrogen-bond donors (Lipinski definition) is 1. The van der Waals surface area contributed by atoms with Gasteiger partial charge < -0.3 is 14.6 Å². The van der Waals surface area contributed by atoms with Crippen LogP contribution in [0.4, 0.5) is 8.78 Å². The molecule has 3 rings (SSSR count). The first-order valence-corrected chi connectivity index (χ1v) is 10.1. The van der Waals surface area contributed by atoms with E-state index >= 15 is 0 Å². The Labute approximate surface area is 187 Å². The number of aliphatic hydroxyl groups is 1. The van der Waals surface area contributed by atoms with Gasteiger partial charge in [-0.15, -0.1) is 0 Å². The largest absolute Gasteiger partial charge is 0.490 e. The van der Waals surface area contributed by atoms with Gasteiger partial charge in [0, 0.05) is 21.2 Å². The fourth-order valence-electron chi connectivity index (χ4n) is 3.11. The number of halogens is 4. The molecular weight excluding hydrogens is 449 g/mol. The number of aliphatic hydroxyl groups excluding tert-OH is 1. The van der Waals surface area contributed by atoms with E-state index in [4.69, 9.17) is 32.7 Å². The zero-order valence-corrected chi connectivity index (χ0v) is 17.9. The molecule has 3 aromatic rings. The van der Waals surface area contributed by atoms with Gasteiger partial charge in [0.1, 0.15) is 24.0 Å². The Morgan fingerprint density at radius 1 is 0.903 bits per heavy atom. The second-order valence-electron chi connectivity index (χ2n) is 6.51. The minimum Gasteiger partial charge on any atom is -0.490 e. The average molecular weight is 467 g/mol. The third-order valence-corrected chi connectivity index (χ3v) is 4.72. The summed E-state index contributed by atoms with van der Waals surface area (Å²) in [5, 5.41) is 9.56. The maximum Gasteiger partial charge on any atom is 0.338 e. The van der Waals surface area contributed by atoms with Crippen LogP contribution in [0.5, 0.6) is 5.75 Å². The smallest absolute Gasteiger partial charge is 0.338 e. The molecule has 0 unspecified atom stereocenters. The molecule has 0 heterocycles. The molecule has 0 saturated heterocycles. The predicted octanol–water partition coefficient (Wildman–Crippen LogP) is 6.15. The first kappa shape index (κ1) is 23.0. The van der Waals surface area contributed by atoms with Crippen LogP contribution in [-0.4, -0.2) is 30.9 Å². The van der Waals surface area contributed by atoms with Gasteiger partial charge in [-0.25, -0.2) is 13.6 Å². The van der Waals surface area contributed by atoms with Crippen molar-refractivity contribution >= 4 is 29.2 Å². The van der Waals surface area contributed by atoms with E-state index in [9.17, 15) is 18.7 Å². The van der Waals surface area contributed by atoms with Crippen LogP contribution in [0.25, 0.3) is 22.3 Å². The van der Waals surface area contributed by atoms with Crippen molar-refractivity contribution in [2.45, 2.75) is 6.92 Å². The fraction of sp³-hybridized carbons (Fsp3) is 0.174. The van der Waals surface area contributed by atoms with Crippen LogP contribution in [0, 0.1) is 11.6 Å². The molecule has 0 radical (unpaired) electrons. The minimum atomic E-state index is -0.622. The van der Waals surface area contributed by atoms with E-state index in [1.54, 1.807) is 6.92 Å². The molecule has 31 heavy (non-hydrogen) atoms. The van der Waals surface area contributed by atoms with Gasteiger partial charge in [-0.3, -0.25) is 0 Å². The molecule has 0 aliphatic rings.